The van der Waals surface area contributed by atoms with Crippen molar-refractivity contribution in [1.29, 1.82) is 0 Å². The zero-order valence-corrected chi connectivity index (χ0v) is 16.9. The molecule has 1 aromatic rings. The first-order valence-electron chi connectivity index (χ1n) is 8.69. The molecule has 0 aromatic carbocycles. The van der Waals surface area contributed by atoms with Gasteiger partial charge in [-0.15, -0.1) is 0 Å². The van der Waals surface area contributed by atoms with Crippen molar-refractivity contribution in [2.24, 2.45) is 4.99 Å². The topological polar surface area (TPSA) is 79.8 Å². The molecule has 6 nitrogen and oxygen atoms in total. The van der Waals surface area contributed by atoms with Crippen LogP contribution < -0.4 is 10.6 Å². The zero-order valence-electron chi connectivity index (χ0n) is 15.2. The monoisotopic (exact) mass is 387 g/mol. The lowest BCUT2D eigenvalue weighted by atomic mass is 9.99. The van der Waals surface area contributed by atoms with E-state index in [1.54, 1.807) is 11.3 Å². The number of guanidine groups is 1. The number of aliphatic imine (C=N–C) groups is 1. The van der Waals surface area contributed by atoms with Crippen LogP contribution in [0.5, 0.6) is 0 Å². The maximum absolute atomic E-state index is 12.3. The van der Waals surface area contributed by atoms with Crippen LogP contribution in [-0.4, -0.2) is 58.2 Å². The average molecular weight is 388 g/mol. The van der Waals surface area contributed by atoms with E-state index in [1.165, 1.54) is 11.8 Å². The molecule has 0 spiro atoms. The van der Waals surface area contributed by atoms with Crippen molar-refractivity contribution in [2.75, 3.05) is 39.1 Å². The van der Waals surface area contributed by atoms with Gasteiger partial charge < -0.3 is 15.4 Å². The number of rotatable bonds is 7. The highest BCUT2D eigenvalue weighted by atomic mass is 32.2. The Morgan fingerprint density at radius 3 is 2.68 bits per heavy atom. The molecule has 2 N–H and O–H groups in total. The minimum Gasteiger partial charge on any atom is -0.381 e. The van der Waals surface area contributed by atoms with Gasteiger partial charge in [0, 0.05) is 32.6 Å². The third kappa shape index (κ3) is 5.43. The molecular formula is C17H29N3O3S2. The van der Waals surface area contributed by atoms with Crippen molar-refractivity contribution in [3.8, 4) is 0 Å². The zero-order chi connectivity index (χ0) is 18.3. The van der Waals surface area contributed by atoms with Gasteiger partial charge in [-0.3, -0.25) is 4.99 Å². The molecule has 0 aliphatic carbocycles. The first-order chi connectivity index (χ1) is 11.9. The molecule has 0 amide bonds. The molecule has 1 aliphatic heterocycles. The number of thiophene rings is 1. The predicted molar refractivity (Wildman–Crippen MR) is 104 cm³/mol. The van der Waals surface area contributed by atoms with Crippen LogP contribution in [0.3, 0.4) is 0 Å². The minimum absolute atomic E-state index is 0.261. The van der Waals surface area contributed by atoms with Gasteiger partial charge in [-0.2, -0.15) is 11.3 Å². The third-order valence-corrected chi connectivity index (χ3v) is 7.56. The van der Waals surface area contributed by atoms with Crippen LogP contribution >= 0.6 is 11.3 Å². The van der Waals surface area contributed by atoms with Gasteiger partial charge in [-0.1, -0.05) is 6.92 Å². The van der Waals surface area contributed by atoms with Crippen LogP contribution in [0.1, 0.15) is 38.2 Å². The number of hydrogen-bond donors (Lipinski definition) is 2. The summed E-state index contributed by atoms with van der Waals surface area (Å²) in [5.41, 5.74) is 1.30. The first kappa shape index (κ1) is 20.2. The molecule has 25 heavy (non-hydrogen) atoms. The van der Waals surface area contributed by atoms with E-state index in [0.717, 1.165) is 13.1 Å². The van der Waals surface area contributed by atoms with E-state index in [2.05, 4.69) is 39.4 Å². The second-order valence-electron chi connectivity index (χ2n) is 6.60. The van der Waals surface area contributed by atoms with Crippen LogP contribution in [0, 0.1) is 0 Å². The smallest absolute Gasteiger partial charge is 0.191 e. The van der Waals surface area contributed by atoms with Crippen LogP contribution in [0.2, 0.25) is 0 Å². The van der Waals surface area contributed by atoms with Gasteiger partial charge >= 0.3 is 0 Å². The van der Waals surface area contributed by atoms with Crippen molar-refractivity contribution >= 4 is 27.1 Å². The summed E-state index contributed by atoms with van der Waals surface area (Å²) in [6, 6.07) is 2.13. The Morgan fingerprint density at radius 1 is 1.40 bits per heavy atom. The highest BCUT2D eigenvalue weighted by Crippen LogP contribution is 2.29. The average Bonchev–Trinajstić information content (AvgIpc) is 3.11. The molecule has 1 atom stereocenters. The van der Waals surface area contributed by atoms with Gasteiger partial charge in [-0.05, 0) is 48.1 Å². The van der Waals surface area contributed by atoms with Crippen molar-refractivity contribution in [3.63, 3.8) is 0 Å². The molecule has 2 heterocycles. The maximum atomic E-state index is 12.3. The second kappa shape index (κ2) is 9.00. The Bertz CT molecular complexity index is 651. The summed E-state index contributed by atoms with van der Waals surface area (Å²) in [7, 11) is -3.21. The number of nitrogens with one attached hydrogen (secondary N) is 2. The van der Waals surface area contributed by atoms with E-state index in [1.807, 2.05) is 6.92 Å². The summed E-state index contributed by atoms with van der Waals surface area (Å²) < 4.78 is 29.2. The molecule has 0 radical (unpaired) electrons. The molecule has 2 rings (SSSR count). The van der Waals surface area contributed by atoms with Gasteiger partial charge in [0.2, 0.25) is 0 Å². The fourth-order valence-corrected chi connectivity index (χ4v) is 4.87. The van der Waals surface area contributed by atoms with E-state index < -0.39 is 14.6 Å². The van der Waals surface area contributed by atoms with E-state index in [4.69, 9.17) is 4.74 Å². The Balaban J connectivity index is 2.04. The van der Waals surface area contributed by atoms with E-state index in [-0.39, 0.29) is 6.54 Å². The first-order valence-corrected chi connectivity index (χ1v) is 11.5. The van der Waals surface area contributed by atoms with Gasteiger partial charge in [0.15, 0.2) is 15.8 Å². The largest absolute Gasteiger partial charge is 0.381 e. The number of hydrogen-bond acceptors (Lipinski definition) is 5. The van der Waals surface area contributed by atoms with E-state index in [0.29, 0.717) is 37.9 Å². The van der Waals surface area contributed by atoms with Crippen LogP contribution in [0.25, 0.3) is 0 Å². The summed E-state index contributed by atoms with van der Waals surface area (Å²) in [6.45, 7) is 6.85. The summed E-state index contributed by atoms with van der Waals surface area (Å²) in [6.07, 6.45) is 2.31. The van der Waals surface area contributed by atoms with Gasteiger partial charge in [0.25, 0.3) is 0 Å². The van der Waals surface area contributed by atoms with E-state index >= 15 is 0 Å². The molecule has 0 bridgehead atoms. The lowest BCUT2D eigenvalue weighted by Crippen LogP contribution is -2.47. The molecule has 1 fully saturated rings. The lowest BCUT2D eigenvalue weighted by Gasteiger charge is -2.34. The van der Waals surface area contributed by atoms with Crippen molar-refractivity contribution < 1.29 is 13.2 Å². The van der Waals surface area contributed by atoms with Crippen LogP contribution in [-0.2, 0) is 14.6 Å². The fourth-order valence-electron chi connectivity index (χ4n) is 2.88. The molecule has 142 valence electrons. The molecule has 1 aromatic heterocycles. The Hall–Kier alpha value is -1.12. The van der Waals surface area contributed by atoms with Crippen molar-refractivity contribution in [3.05, 3.63) is 22.4 Å². The number of nitrogens with zero attached hydrogens (tertiary/aromatic N) is 1. The highest BCUT2D eigenvalue weighted by molar-refractivity contribution is 7.92. The molecule has 1 saturated heterocycles. The summed E-state index contributed by atoms with van der Waals surface area (Å²) in [5.74, 6) is 1.03. The summed E-state index contributed by atoms with van der Waals surface area (Å²) >= 11 is 1.69. The third-order valence-electron chi connectivity index (χ3n) is 4.75. The maximum Gasteiger partial charge on any atom is 0.191 e. The van der Waals surface area contributed by atoms with Crippen molar-refractivity contribution in [1.82, 2.24) is 10.6 Å². The highest BCUT2D eigenvalue weighted by Gasteiger charge is 2.42. The standard InChI is InChI=1S/C17H29N3O3S2/c1-4-18-16(19-11-14(2)15-5-10-24-12-15)20-13-17(25(3,21)22)6-8-23-9-7-17/h5,10,12,14H,4,6-9,11,13H2,1-3H3,(H2,18,19,20). The Kier molecular flexibility index (Phi) is 7.27. The normalized spacial score (nSPS) is 19.4. The fraction of sp³-hybridized carbons (Fsp3) is 0.706. The molecule has 0 saturated carbocycles. The molecule has 1 unspecified atom stereocenters. The van der Waals surface area contributed by atoms with Crippen molar-refractivity contribution in [2.45, 2.75) is 37.4 Å². The summed E-state index contributed by atoms with van der Waals surface area (Å²) in [5, 5.41) is 10.8. The number of sulfone groups is 1. The van der Waals surface area contributed by atoms with Gasteiger partial charge in [-0.25, -0.2) is 8.42 Å². The van der Waals surface area contributed by atoms with Gasteiger partial charge in [0.1, 0.15) is 0 Å². The van der Waals surface area contributed by atoms with Crippen LogP contribution in [0.4, 0.5) is 0 Å². The minimum atomic E-state index is -3.21. The molecule has 1 aliphatic rings. The van der Waals surface area contributed by atoms with E-state index in [9.17, 15) is 8.42 Å². The quantitative estimate of drug-likeness (QED) is 0.553. The molecular weight excluding hydrogens is 358 g/mol. The second-order valence-corrected chi connectivity index (χ2v) is 9.79. The Morgan fingerprint density at radius 2 is 2.12 bits per heavy atom. The predicted octanol–water partition coefficient (Wildman–Crippen LogP) is 2.00. The lowest BCUT2D eigenvalue weighted by molar-refractivity contribution is 0.0768. The number of ether oxygens (including phenoxy) is 1. The van der Waals surface area contributed by atoms with Crippen LogP contribution in [0.15, 0.2) is 21.8 Å². The molecule has 8 heteroatoms. The van der Waals surface area contributed by atoms with Gasteiger partial charge in [0.05, 0.1) is 11.3 Å². The summed E-state index contributed by atoms with van der Waals surface area (Å²) in [4.78, 5) is 4.59. The Labute approximate surface area is 155 Å². The SMILES string of the molecule is CCNC(=NCC1(S(C)(=O)=O)CCOCC1)NCC(C)c1ccsc1.